The summed E-state index contributed by atoms with van der Waals surface area (Å²) in [7, 11) is 0. The van der Waals surface area contributed by atoms with E-state index in [2.05, 4.69) is 5.10 Å². The Balaban J connectivity index is 1.92. The molecule has 19 heavy (non-hydrogen) atoms. The molecule has 0 spiro atoms. The summed E-state index contributed by atoms with van der Waals surface area (Å²) in [5.74, 6) is 0.736. The van der Waals surface area contributed by atoms with Gasteiger partial charge in [-0.2, -0.15) is 5.10 Å². The van der Waals surface area contributed by atoms with Crippen LogP contribution in [0.4, 0.5) is 0 Å². The molecule has 1 aromatic heterocycles. The number of nitrogens with zero attached hydrogens (tertiary/aromatic N) is 2. The molecular formula is C13H14ClN3OS. The van der Waals surface area contributed by atoms with Gasteiger partial charge in [0.2, 0.25) is 0 Å². The minimum absolute atomic E-state index is 0.361. The van der Waals surface area contributed by atoms with E-state index in [1.807, 2.05) is 31.2 Å². The van der Waals surface area contributed by atoms with E-state index in [0.29, 0.717) is 23.2 Å². The molecule has 1 aromatic carbocycles. The van der Waals surface area contributed by atoms with Crippen molar-refractivity contribution in [1.29, 1.82) is 0 Å². The van der Waals surface area contributed by atoms with Crippen LogP contribution in [-0.2, 0) is 6.54 Å². The van der Waals surface area contributed by atoms with Gasteiger partial charge in [0.05, 0.1) is 17.3 Å². The van der Waals surface area contributed by atoms with Gasteiger partial charge in [0.15, 0.2) is 0 Å². The molecule has 0 unspecified atom stereocenters. The highest BCUT2D eigenvalue weighted by Crippen LogP contribution is 2.14. The second-order valence-electron chi connectivity index (χ2n) is 4.07. The maximum atomic E-state index is 5.93. The predicted molar refractivity (Wildman–Crippen MR) is 79.8 cm³/mol. The summed E-state index contributed by atoms with van der Waals surface area (Å²) in [4.78, 5) is 0.361. The van der Waals surface area contributed by atoms with Gasteiger partial charge in [-0.05, 0) is 19.1 Å². The van der Waals surface area contributed by atoms with Crippen LogP contribution < -0.4 is 10.5 Å². The van der Waals surface area contributed by atoms with Crippen molar-refractivity contribution in [3.8, 4) is 5.75 Å². The molecule has 0 radical (unpaired) electrons. The van der Waals surface area contributed by atoms with Gasteiger partial charge in [-0.25, -0.2) is 0 Å². The number of nitrogens with two attached hydrogens (primary N) is 1. The van der Waals surface area contributed by atoms with Gasteiger partial charge in [-0.15, -0.1) is 0 Å². The summed E-state index contributed by atoms with van der Waals surface area (Å²) < 4.78 is 7.39. The summed E-state index contributed by atoms with van der Waals surface area (Å²) >= 11 is 10.8. The summed E-state index contributed by atoms with van der Waals surface area (Å²) in [6.07, 6.45) is 1.78. The molecule has 0 aliphatic carbocycles. The van der Waals surface area contributed by atoms with E-state index in [9.17, 15) is 0 Å². The van der Waals surface area contributed by atoms with Gasteiger partial charge >= 0.3 is 0 Å². The van der Waals surface area contributed by atoms with Crippen LogP contribution in [0.5, 0.6) is 5.75 Å². The first-order chi connectivity index (χ1) is 9.06. The number of halogens is 1. The van der Waals surface area contributed by atoms with Crippen LogP contribution in [0.1, 0.15) is 11.3 Å². The first kappa shape index (κ1) is 13.8. The minimum Gasteiger partial charge on any atom is -0.492 e. The molecule has 0 aliphatic heterocycles. The van der Waals surface area contributed by atoms with Crippen molar-refractivity contribution in [2.24, 2.45) is 5.73 Å². The van der Waals surface area contributed by atoms with E-state index >= 15 is 0 Å². The molecule has 4 nitrogen and oxygen atoms in total. The van der Waals surface area contributed by atoms with Crippen molar-refractivity contribution in [2.75, 3.05) is 6.61 Å². The van der Waals surface area contributed by atoms with Crippen LogP contribution >= 0.6 is 23.8 Å². The van der Waals surface area contributed by atoms with Crippen LogP contribution in [0.25, 0.3) is 0 Å². The fourth-order valence-electron chi connectivity index (χ4n) is 1.60. The molecule has 0 aliphatic rings. The fourth-order valence-corrected chi connectivity index (χ4v) is 1.88. The number of ether oxygens (including phenoxy) is 1. The van der Waals surface area contributed by atoms with Crippen molar-refractivity contribution in [1.82, 2.24) is 9.78 Å². The molecule has 100 valence electrons. The summed E-state index contributed by atoms with van der Waals surface area (Å²) in [5, 5.41) is 4.91. The van der Waals surface area contributed by atoms with E-state index in [0.717, 1.165) is 17.0 Å². The van der Waals surface area contributed by atoms with Crippen LogP contribution in [0.15, 0.2) is 30.5 Å². The molecule has 0 bridgehead atoms. The lowest BCUT2D eigenvalue weighted by Gasteiger charge is -2.07. The maximum absolute atomic E-state index is 5.93. The van der Waals surface area contributed by atoms with Gasteiger partial charge in [0, 0.05) is 11.8 Å². The predicted octanol–water partition coefficient (Wildman–Crippen LogP) is 2.56. The van der Waals surface area contributed by atoms with Crippen molar-refractivity contribution in [3.63, 3.8) is 0 Å². The number of benzene rings is 1. The molecule has 1 heterocycles. The Kier molecular flexibility index (Phi) is 4.39. The van der Waals surface area contributed by atoms with Crippen molar-refractivity contribution < 1.29 is 4.74 Å². The molecule has 0 saturated carbocycles. The van der Waals surface area contributed by atoms with Crippen LogP contribution in [0.2, 0.25) is 5.02 Å². The van der Waals surface area contributed by atoms with Crippen LogP contribution in [-0.4, -0.2) is 21.4 Å². The number of hydrogen-bond donors (Lipinski definition) is 1. The Morgan fingerprint density at radius 1 is 1.53 bits per heavy atom. The Labute approximate surface area is 122 Å². The highest BCUT2D eigenvalue weighted by atomic mass is 35.5. The number of aromatic nitrogens is 2. The first-order valence-corrected chi connectivity index (χ1v) is 6.57. The first-order valence-electron chi connectivity index (χ1n) is 5.78. The molecule has 6 heteroatoms. The summed E-state index contributed by atoms with van der Waals surface area (Å²) in [5.41, 5.74) is 7.18. The van der Waals surface area contributed by atoms with E-state index in [4.69, 9.17) is 34.3 Å². The zero-order chi connectivity index (χ0) is 13.8. The smallest absolute Gasteiger partial charge is 0.120 e. The number of thiocarbonyl (C=S) groups is 1. The van der Waals surface area contributed by atoms with Gasteiger partial charge in [-0.3, -0.25) is 4.68 Å². The molecule has 0 amide bonds. The number of rotatable bonds is 5. The Morgan fingerprint density at radius 3 is 2.95 bits per heavy atom. The van der Waals surface area contributed by atoms with Crippen molar-refractivity contribution in [3.05, 3.63) is 46.7 Å². The molecule has 2 aromatic rings. The normalized spacial score (nSPS) is 10.4. The van der Waals surface area contributed by atoms with Gasteiger partial charge in [0.25, 0.3) is 0 Å². The monoisotopic (exact) mass is 295 g/mol. The van der Waals surface area contributed by atoms with E-state index < -0.39 is 0 Å². The SMILES string of the molecule is Cc1nn(CCOc2cccc(C(N)=S)c2)cc1Cl. The zero-order valence-corrected chi connectivity index (χ0v) is 12.0. The average molecular weight is 296 g/mol. The highest BCUT2D eigenvalue weighted by Gasteiger charge is 2.02. The quantitative estimate of drug-likeness (QED) is 0.861. The molecule has 2 N–H and O–H groups in total. The molecule has 0 saturated heterocycles. The topological polar surface area (TPSA) is 53.1 Å². The lowest BCUT2D eigenvalue weighted by atomic mass is 10.2. The van der Waals surface area contributed by atoms with E-state index in [-0.39, 0.29) is 0 Å². The third-order valence-electron chi connectivity index (χ3n) is 2.59. The van der Waals surface area contributed by atoms with Crippen molar-refractivity contribution >= 4 is 28.8 Å². The lowest BCUT2D eigenvalue weighted by Crippen LogP contribution is -2.11. The number of hydrogen-bond acceptors (Lipinski definition) is 3. The van der Waals surface area contributed by atoms with Crippen LogP contribution in [0.3, 0.4) is 0 Å². The Bertz CT molecular complexity index is 578. The second-order valence-corrected chi connectivity index (χ2v) is 4.91. The Morgan fingerprint density at radius 2 is 2.32 bits per heavy atom. The Hall–Kier alpha value is -1.59. The minimum atomic E-state index is 0.361. The lowest BCUT2D eigenvalue weighted by molar-refractivity contribution is 0.291. The second kappa shape index (κ2) is 6.04. The zero-order valence-electron chi connectivity index (χ0n) is 10.5. The highest BCUT2D eigenvalue weighted by molar-refractivity contribution is 7.80. The maximum Gasteiger partial charge on any atom is 0.120 e. The third kappa shape index (κ3) is 3.68. The van der Waals surface area contributed by atoms with E-state index in [1.54, 1.807) is 10.9 Å². The number of aryl methyl sites for hydroxylation is 1. The molecule has 0 atom stereocenters. The molecule has 0 fully saturated rings. The van der Waals surface area contributed by atoms with Gasteiger partial charge < -0.3 is 10.5 Å². The third-order valence-corrected chi connectivity index (χ3v) is 3.20. The average Bonchev–Trinajstić information content (AvgIpc) is 2.69. The largest absolute Gasteiger partial charge is 0.492 e. The standard InChI is InChI=1S/C13H14ClN3OS/c1-9-12(14)8-17(16-9)5-6-18-11-4-2-3-10(7-11)13(15)19/h2-4,7-8H,5-6H2,1H3,(H2,15,19). The fraction of sp³-hybridized carbons (Fsp3) is 0.231. The van der Waals surface area contributed by atoms with Crippen molar-refractivity contribution in [2.45, 2.75) is 13.5 Å². The summed E-state index contributed by atoms with van der Waals surface area (Å²) in [6, 6.07) is 7.40. The van der Waals surface area contributed by atoms with Crippen LogP contribution in [0, 0.1) is 6.92 Å². The van der Waals surface area contributed by atoms with Gasteiger partial charge in [0.1, 0.15) is 17.3 Å². The molecular weight excluding hydrogens is 282 g/mol. The molecule has 2 rings (SSSR count). The van der Waals surface area contributed by atoms with E-state index in [1.165, 1.54) is 0 Å². The van der Waals surface area contributed by atoms with Gasteiger partial charge in [-0.1, -0.05) is 36.0 Å². The summed E-state index contributed by atoms with van der Waals surface area (Å²) in [6.45, 7) is 2.99.